The van der Waals surface area contributed by atoms with Gasteiger partial charge in [0.1, 0.15) is 6.04 Å². The first-order chi connectivity index (χ1) is 12.6. The van der Waals surface area contributed by atoms with Crippen LogP contribution in [0.1, 0.15) is 42.5 Å². The lowest BCUT2D eigenvalue weighted by Crippen LogP contribution is -2.54. The van der Waals surface area contributed by atoms with E-state index in [-0.39, 0.29) is 11.9 Å². The van der Waals surface area contributed by atoms with E-state index in [0.717, 1.165) is 11.1 Å². The molecule has 3 amide bonds. The lowest BCUT2D eigenvalue weighted by molar-refractivity contribution is -0.127. The van der Waals surface area contributed by atoms with Gasteiger partial charge < -0.3 is 15.5 Å². The van der Waals surface area contributed by atoms with Crippen molar-refractivity contribution in [1.29, 1.82) is 0 Å². The predicted molar refractivity (Wildman–Crippen MR) is 102 cm³/mol. The van der Waals surface area contributed by atoms with Crippen molar-refractivity contribution in [3.05, 3.63) is 71.3 Å². The molecule has 1 aliphatic rings. The highest BCUT2D eigenvalue weighted by atomic mass is 16.2. The molecule has 0 saturated carbocycles. The number of hydrogen-bond donors (Lipinski definition) is 2. The van der Waals surface area contributed by atoms with Crippen LogP contribution in [-0.2, 0) is 11.3 Å². The summed E-state index contributed by atoms with van der Waals surface area (Å²) < 4.78 is 0. The average molecular weight is 351 g/mol. The van der Waals surface area contributed by atoms with Gasteiger partial charge in [0.15, 0.2) is 0 Å². The topological polar surface area (TPSA) is 61.4 Å². The zero-order chi connectivity index (χ0) is 18.5. The number of piperazine rings is 1. The number of nitrogens with one attached hydrogen (secondary N) is 2. The van der Waals surface area contributed by atoms with Gasteiger partial charge in [-0.15, -0.1) is 0 Å². The minimum absolute atomic E-state index is 0.136. The van der Waals surface area contributed by atoms with Gasteiger partial charge in [0.2, 0.25) is 5.91 Å². The highest BCUT2D eigenvalue weighted by Gasteiger charge is 2.34. The molecule has 2 aromatic carbocycles. The first-order valence-corrected chi connectivity index (χ1v) is 9.02. The molecule has 5 heteroatoms. The summed E-state index contributed by atoms with van der Waals surface area (Å²) >= 11 is 0. The van der Waals surface area contributed by atoms with E-state index < -0.39 is 6.04 Å². The fourth-order valence-electron chi connectivity index (χ4n) is 3.16. The van der Waals surface area contributed by atoms with Gasteiger partial charge in [-0.05, 0) is 22.6 Å². The Labute approximate surface area is 154 Å². The number of urea groups is 1. The quantitative estimate of drug-likeness (QED) is 0.889. The minimum atomic E-state index is -0.597. The van der Waals surface area contributed by atoms with E-state index in [1.165, 1.54) is 5.56 Å². The number of hydrogen-bond acceptors (Lipinski definition) is 2. The van der Waals surface area contributed by atoms with E-state index in [2.05, 4.69) is 24.5 Å². The second-order valence-electron chi connectivity index (χ2n) is 6.85. The Morgan fingerprint density at radius 1 is 1.15 bits per heavy atom. The van der Waals surface area contributed by atoms with Crippen LogP contribution in [0.5, 0.6) is 0 Å². The number of nitrogens with zero attached hydrogens (tertiary/aromatic N) is 1. The summed E-state index contributed by atoms with van der Waals surface area (Å²) in [5, 5.41) is 5.79. The SMILES string of the molecule is CC(C)c1ccc(C2C(=O)NCCN2C(=O)NCc2ccccc2)cc1. The molecule has 2 N–H and O–H groups in total. The van der Waals surface area contributed by atoms with Crippen molar-refractivity contribution in [3.63, 3.8) is 0 Å². The van der Waals surface area contributed by atoms with Gasteiger partial charge >= 0.3 is 6.03 Å². The van der Waals surface area contributed by atoms with Crippen LogP contribution in [0.2, 0.25) is 0 Å². The molecule has 0 radical (unpaired) electrons. The average Bonchev–Trinajstić information content (AvgIpc) is 2.67. The number of carbonyl (C=O) groups is 2. The molecule has 0 aromatic heterocycles. The largest absolute Gasteiger partial charge is 0.352 e. The first-order valence-electron chi connectivity index (χ1n) is 9.02. The number of carbonyl (C=O) groups excluding carboxylic acids is 2. The first kappa shape index (κ1) is 18.0. The molecule has 1 unspecified atom stereocenters. The third kappa shape index (κ3) is 4.04. The second kappa shape index (κ2) is 8.04. The summed E-state index contributed by atoms with van der Waals surface area (Å²) in [4.78, 5) is 26.8. The van der Waals surface area contributed by atoms with E-state index in [0.29, 0.717) is 25.6 Å². The van der Waals surface area contributed by atoms with Crippen molar-refractivity contribution < 1.29 is 9.59 Å². The van der Waals surface area contributed by atoms with E-state index in [4.69, 9.17) is 0 Å². The van der Waals surface area contributed by atoms with Crippen LogP contribution >= 0.6 is 0 Å². The Bertz CT molecular complexity index is 757. The molecule has 136 valence electrons. The molecule has 1 aliphatic heterocycles. The highest BCUT2D eigenvalue weighted by molar-refractivity contribution is 5.89. The van der Waals surface area contributed by atoms with E-state index in [9.17, 15) is 9.59 Å². The van der Waals surface area contributed by atoms with Crippen LogP contribution < -0.4 is 10.6 Å². The van der Waals surface area contributed by atoms with Gasteiger partial charge in [-0.25, -0.2) is 4.79 Å². The smallest absolute Gasteiger partial charge is 0.318 e. The van der Waals surface area contributed by atoms with Crippen LogP contribution in [0.3, 0.4) is 0 Å². The van der Waals surface area contributed by atoms with Gasteiger partial charge in [0, 0.05) is 19.6 Å². The second-order valence-corrected chi connectivity index (χ2v) is 6.85. The fourth-order valence-corrected chi connectivity index (χ4v) is 3.16. The Kier molecular flexibility index (Phi) is 5.56. The molecule has 3 rings (SSSR count). The summed E-state index contributed by atoms with van der Waals surface area (Å²) in [6.07, 6.45) is 0. The molecule has 1 fully saturated rings. The van der Waals surface area contributed by atoms with Gasteiger partial charge in [0.25, 0.3) is 0 Å². The summed E-state index contributed by atoms with van der Waals surface area (Å²) in [6, 6.07) is 16.9. The van der Waals surface area contributed by atoms with Gasteiger partial charge in [0.05, 0.1) is 0 Å². The van der Waals surface area contributed by atoms with Crippen molar-refractivity contribution in [2.24, 2.45) is 0 Å². The van der Waals surface area contributed by atoms with E-state index in [1.54, 1.807) is 4.90 Å². The molecule has 2 aromatic rings. The lowest BCUT2D eigenvalue weighted by Gasteiger charge is -2.35. The summed E-state index contributed by atoms with van der Waals surface area (Å²) in [7, 11) is 0. The molecule has 0 aliphatic carbocycles. The monoisotopic (exact) mass is 351 g/mol. The molecule has 0 bridgehead atoms. The number of benzene rings is 2. The van der Waals surface area contributed by atoms with Gasteiger partial charge in [-0.3, -0.25) is 4.79 Å². The predicted octanol–water partition coefficient (Wildman–Crippen LogP) is 3.19. The summed E-state index contributed by atoms with van der Waals surface area (Å²) in [6.45, 7) is 5.66. The Balaban J connectivity index is 1.75. The normalized spacial score (nSPS) is 17.1. The number of amides is 3. The van der Waals surface area contributed by atoms with Crippen LogP contribution in [0.25, 0.3) is 0 Å². The molecule has 1 atom stereocenters. The molecular weight excluding hydrogens is 326 g/mol. The molecule has 0 spiro atoms. The molecule has 5 nitrogen and oxygen atoms in total. The Morgan fingerprint density at radius 2 is 1.85 bits per heavy atom. The maximum Gasteiger partial charge on any atom is 0.318 e. The van der Waals surface area contributed by atoms with Gasteiger partial charge in [-0.2, -0.15) is 0 Å². The number of rotatable bonds is 4. The zero-order valence-electron chi connectivity index (χ0n) is 15.2. The fraction of sp³-hybridized carbons (Fsp3) is 0.333. The molecule has 26 heavy (non-hydrogen) atoms. The molecular formula is C21H25N3O2. The molecule has 1 saturated heterocycles. The van der Waals surface area contributed by atoms with E-state index in [1.807, 2.05) is 54.6 Å². The highest BCUT2D eigenvalue weighted by Crippen LogP contribution is 2.25. The maximum absolute atomic E-state index is 12.7. The minimum Gasteiger partial charge on any atom is -0.352 e. The Hall–Kier alpha value is -2.82. The summed E-state index contributed by atoms with van der Waals surface area (Å²) in [5.41, 5.74) is 3.08. The van der Waals surface area contributed by atoms with Crippen LogP contribution in [0.15, 0.2) is 54.6 Å². The van der Waals surface area contributed by atoms with Crippen LogP contribution in [0.4, 0.5) is 4.79 Å². The van der Waals surface area contributed by atoms with Crippen molar-refractivity contribution in [1.82, 2.24) is 15.5 Å². The Morgan fingerprint density at radius 3 is 2.50 bits per heavy atom. The lowest BCUT2D eigenvalue weighted by atomic mass is 9.97. The third-order valence-corrected chi connectivity index (χ3v) is 4.68. The summed E-state index contributed by atoms with van der Waals surface area (Å²) in [5.74, 6) is 0.290. The van der Waals surface area contributed by atoms with Gasteiger partial charge in [-0.1, -0.05) is 68.4 Å². The van der Waals surface area contributed by atoms with Crippen LogP contribution in [0, 0.1) is 0 Å². The standard InChI is InChI=1S/C21H25N3O2/c1-15(2)17-8-10-18(11-9-17)19-20(25)22-12-13-24(19)21(26)23-14-16-6-4-3-5-7-16/h3-11,15,19H,12-14H2,1-2H3,(H,22,25)(H,23,26). The van der Waals surface area contributed by atoms with Crippen molar-refractivity contribution in [2.75, 3.05) is 13.1 Å². The van der Waals surface area contributed by atoms with Crippen molar-refractivity contribution >= 4 is 11.9 Å². The maximum atomic E-state index is 12.7. The van der Waals surface area contributed by atoms with E-state index >= 15 is 0 Å². The molecule has 1 heterocycles. The van der Waals surface area contributed by atoms with Crippen molar-refractivity contribution in [2.45, 2.75) is 32.4 Å². The van der Waals surface area contributed by atoms with Crippen LogP contribution in [-0.4, -0.2) is 29.9 Å². The zero-order valence-corrected chi connectivity index (χ0v) is 15.2. The third-order valence-electron chi connectivity index (χ3n) is 4.68. The van der Waals surface area contributed by atoms with Crippen molar-refractivity contribution in [3.8, 4) is 0 Å².